The molecule has 1 rings (SSSR count). The van der Waals surface area contributed by atoms with Crippen molar-refractivity contribution in [3.8, 4) is 0 Å². The molecule has 0 spiro atoms. The van der Waals surface area contributed by atoms with Crippen molar-refractivity contribution >= 4 is 0 Å². The van der Waals surface area contributed by atoms with Gasteiger partial charge in [-0.2, -0.15) is 0 Å². The molecular weight excluding hydrogens is 226 g/mol. The first-order valence-electron chi connectivity index (χ1n) is 6.63. The molecule has 0 saturated carbocycles. The molecule has 0 aromatic heterocycles. The number of rotatable bonds is 9. The fourth-order valence-electron chi connectivity index (χ4n) is 1.94. The largest absolute Gasteiger partial charge is 0.382 e. The van der Waals surface area contributed by atoms with Crippen molar-refractivity contribution in [1.82, 2.24) is 0 Å². The number of hydrogen-bond acceptors (Lipinski definition) is 3. The minimum absolute atomic E-state index is 0.116. The highest BCUT2D eigenvalue weighted by Gasteiger charge is 2.13. The second-order valence-electron chi connectivity index (χ2n) is 4.66. The molecule has 0 heterocycles. The molecule has 2 N–H and O–H groups in total. The molecule has 0 aliphatic heterocycles. The van der Waals surface area contributed by atoms with E-state index in [0.717, 1.165) is 19.4 Å². The highest BCUT2D eigenvalue weighted by molar-refractivity contribution is 5.18. The van der Waals surface area contributed by atoms with Gasteiger partial charge >= 0.3 is 0 Å². The van der Waals surface area contributed by atoms with Crippen molar-refractivity contribution in [3.63, 3.8) is 0 Å². The van der Waals surface area contributed by atoms with Crippen LogP contribution in [0, 0.1) is 5.92 Å². The van der Waals surface area contributed by atoms with Gasteiger partial charge < -0.3 is 15.2 Å². The molecule has 0 fully saturated rings. The quantitative estimate of drug-likeness (QED) is 0.686. The maximum Gasteiger partial charge on any atom is 0.0700 e. The molecular formula is C15H25NO2. The molecule has 0 saturated heterocycles. The Morgan fingerprint density at radius 2 is 1.83 bits per heavy atom. The van der Waals surface area contributed by atoms with Crippen LogP contribution in [0.4, 0.5) is 0 Å². The van der Waals surface area contributed by atoms with E-state index >= 15 is 0 Å². The second kappa shape index (κ2) is 9.09. The molecule has 1 aromatic carbocycles. The third-order valence-electron chi connectivity index (χ3n) is 3.18. The monoisotopic (exact) mass is 251 g/mol. The first-order chi connectivity index (χ1) is 8.75. The van der Waals surface area contributed by atoms with E-state index in [1.54, 1.807) is 7.11 Å². The predicted molar refractivity (Wildman–Crippen MR) is 74.5 cm³/mol. The van der Waals surface area contributed by atoms with Crippen LogP contribution in [0.15, 0.2) is 30.3 Å². The van der Waals surface area contributed by atoms with E-state index < -0.39 is 0 Å². The van der Waals surface area contributed by atoms with Crippen LogP contribution >= 0.6 is 0 Å². The van der Waals surface area contributed by atoms with Crippen molar-refractivity contribution in [2.45, 2.75) is 25.8 Å². The molecule has 3 heteroatoms. The summed E-state index contributed by atoms with van der Waals surface area (Å²) in [4.78, 5) is 0. The number of benzene rings is 1. The van der Waals surface area contributed by atoms with E-state index in [2.05, 4.69) is 19.1 Å². The molecule has 18 heavy (non-hydrogen) atoms. The lowest BCUT2D eigenvalue weighted by atomic mass is 9.92. The van der Waals surface area contributed by atoms with Gasteiger partial charge in [0.15, 0.2) is 0 Å². The molecule has 0 bridgehead atoms. The summed E-state index contributed by atoms with van der Waals surface area (Å²) in [7, 11) is 1.68. The Bertz CT molecular complexity index is 303. The smallest absolute Gasteiger partial charge is 0.0700 e. The van der Waals surface area contributed by atoms with Crippen molar-refractivity contribution in [2.75, 3.05) is 26.9 Å². The molecule has 2 unspecified atom stereocenters. The van der Waals surface area contributed by atoms with Crippen LogP contribution in [-0.2, 0) is 9.47 Å². The molecule has 102 valence electrons. The summed E-state index contributed by atoms with van der Waals surface area (Å²) in [6.07, 6.45) is 2.13. The van der Waals surface area contributed by atoms with Gasteiger partial charge in [0.25, 0.3) is 0 Å². The van der Waals surface area contributed by atoms with Gasteiger partial charge in [-0.1, -0.05) is 37.3 Å². The highest BCUT2D eigenvalue weighted by atomic mass is 16.5. The predicted octanol–water partition coefficient (Wildman–Crippen LogP) is 2.77. The van der Waals surface area contributed by atoms with Crippen molar-refractivity contribution in [1.29, 1.82) is 0 Å². The van der Waals surface area contributed by atoms with Gasteiger partial charge in [0.1, 0.15) is 0 Å². The van der Waals surface area contributed by atoms with Crippen LogP contribution in [0.3, 0.4) is 0 Å². The van der Waals surface area contributed by atoms with Crippen LogP contribution in [0.1, 0.15) is 31.4 Å². The van der Waals surface area contributed by atoms with Gasteiger partial charge in [-0.15, -0.1) is 0 Å². The Labute approximate surface area is 110 Å². The summed E-state index contributed by atoms with van der Waals surface area (Å²) >= 11 is 0. The first-order valence-corrected chi connectivity index (χ1v) is 6.63. The zero-order valence-electron chi connectivity index (χ0n) is 11.5. The van der Waals surface area contributed by atoms with E-state index in [-0.39, 0.29) is 6.04 Å². The van der Waals surface area contributed by atoms with Crippen LogP contribution in [0.5, 0.6) is 0 Å². The molecule has 0 aliphatic carbocycles. The summed E-state index contributed by atoms with van der Waals surface area (Å²) in [5, 5.41) is 0. The standard InChI is InChI=1S/C15H25NO2/c1-13(7-6-10-18-12-11-17-2)15(16)14-8-4-3-5-9-14/h3-5,8-9,13,15H,6-7,10-12,16H2,1-2H3. The van der Waals surface area contributed by atoms with Gasteiger partial charge in [0.05, 0.1) is 13.2 Å². The molecule has 0 amide bonds. The number of hydrogen-bond donors (Lipinski definition) is 1. The Balaban J connectivity index is 2.18. The Morgan fingerprint density at radius 1 is 1.11 bits per heavy atom. The number of methoxy groups -OCH3 is 1. The third-order valence-corrected chi connectivity index (χ3v) is 3.18. The van der Waals surface area contributed by atoms with Crippen LogP contribution in [0.25, 0.3) is 0 Å². The van der Waals surface area contributed by atoms with Gasteiger partial charge in [-0.25, -0.2) is 0 Å². The highest BCUT2D eigenvalue weighted by Crippen LogP contribution is 2.22. The minimum atomic E-state index is 0.116. The molecule has 0 aliphatic rings. The average molecular weight is 251 g/mol. The van der Waals surface area contributed by atoms with E-state index in [4.69, 9.17) is 15.2 Å². The van der Waals surface area contributed by atoms with Crippen LogP contribution < -0.4 is 5.73 Å². The third kappa shape index (κ3) is 5.63. The van der Waals surface area contributed by atoms with Gasteiger partial charge in [0, 0.05) is 19.8 Å². The lowest BCUT2D eigenvalue weighted by molar-refractivity contribution is 0.0670. The summed E-state index contributed by atoms with van der Waals surface area (Å²) in [5.74, 6) is 0.471. The van der Waals surface area contributed by atoms with E-state index in [9.17, 15) is 0 Å². The molecule has 3 nitrogen and oxygen atoms in total. The Morgan fingerprint density at radius 3 is 2.50 bits per heavy atom. The van der Waals surface area contributed by atoms with Crippen molar-refractivity contribution in [3.05, 3.63) is 35.9 Å². The zero-order valence-corrected chi connectivity index (χ0v) is 11.5. The summed E-state index contributed by atoms with van der Waals surface area (Å²) < 4.78 is 10.4. The van der Waals surface area contributed by atoms with Gasteiger partial charge in [-0.3, -0.25) is 0 Å². The van der Waals surface area contributed by atoms with Crippen molar-refractivity contribution in [2.24, 2.45) is 11.7 Å². The maximum absolute atomic E-state index is 6.24. The molecule has 0 radical (unpaired) electrons. The SMILES string of the molecule is COCCOCCCC(C)C(N)c1ccccc1. The van der Waals surface area contributed by atoms with Crippen LogP contribution in [-0.4, -0.2) is 26.9 Å². The lowest BCUT2D eigenvalue weighted by Gasteiger charge is -2.20. The maximum atomic E-state index is 6.24. The first kappa shape index (κ1) is 15.2. The van der Waals surface area contributed by atoms with E-state index in [0.29, 0.717) is 19.1 Å². The summed E-state index contributed by atoms with van der Waals surface area (Å²) in [6.45, 7) is 4.33. The normalized spacial score (nSPS) is 14.4. The van der Waals surface area contributed by atoms with E-state index in [1.165, 1.54) is 5.56 Å². The minimum Gasteiger partial charge on any atom is -0.382 e. The van der Waals surface area contributed by atoms with Crippen molar-refractivity contribution < 1.29 is 9.47 Å². The Hall–Kier alpha value is -0.900. The Kier molecular flexibility index (Phi) is 7.65. The second-order valence-corrected chi connectivity index (χ2v) is 4.66. The van der Waals surface area contributed by atoms with Gasteiger partial charge in [0.2, 0.25) is 0 Å². The molecule has 1 aromatic rings. The zero-order chi connectivity index (χ0) is 13.2. The lowest BCUT2D eigenvalue weighted by Crippen LogP contribution is -2.19. The molecule has 2 atom stereocenters. The fourth-order valence-corrected chi connectivity index (χ4v) is 1.94. The fraction of sp³-hybridized carbons (Fsp3) is 0.600. The van der Waals surface area contributed by atoms with E-state index in [1.807, 2.05) is 18.2 Å². The summed E-state index contributed by atoms with van der Waals surface area (Å²) in [5.41, 5.74) is 7.45. The summed E-state index contributed by atoms with van der Waals surface area (Å²) in [6, 6.07) is 10.4. The topological polar surface area (TPSA) is 44.5 Å². The number of ether oxygens (including phenoxy) is 2. The van der Waals surface area contributed by atoms with Crippen LogP contribution in [0.2, 0.25) is 0 Å². The average Bonchev–Trinajstić information content (AvgIpc) is 2.42. The van der Waals surface area contributed by atoms with Gasteiger partial charge in [-0.05, 0) is 24.3 Å². The number of nitrogens with two attached hydrogens (primary N) is 1.